The lowest BCUT2D eigenvalue weighted by molar-refractivity contribution is 0.214. The van der Waals surface area contributed by atoms with E-state index in [1.165, 1.54) is 70.6 Å². The van der Waals surface area contributed by atoms with Crippen LogP contribution in [0.4, 0.5) is 0 Å². The summed E-state index contributed by atoms with van der Waals surface area (Å²) in [4.78, 5) is 0. The van der Waals surface area contributed by atoms with Gasteiger partial charge in [-0.25, -0.2) is 0 Å². The molecule has 0 aromatic carbocycles. The zero-order chi connectivity index (χ0) is 15.4. The first-order valence-corrected chi connectivity index (χ1v) is 10.1. The normalized spacial score (nSPS) is 36.1. The van der Waals surface area contributed by atoms with Gasteiger partial charge in [0.25, 0.3) is 0 Å². The fraction of sp³-hybridized carbons (Fsp3) is 0.818. The summed E-state index contributed by atoms with van der Waals surface area (Å²) in [6.45, 7) is 4.76. The molecule has 0 bridgehead atoms. The predicted molar refractivity (Wildman–Crippen MR) is 96.9 cm³/mol. The van der Waals surface area contributed by atoms with E-state index in [0.29, 0.717) is 0 Å². The van der Waals surface area contributed by atoms with Crippen molar-refractivity contribution in [2.75, 3.05) is 0 Å². The van der Waals surface area contributed by atoms with E-state index in [1.54, 1.807) is 17.6 Å². The molecule has 3 aliphatic rings. The molecule has 0 amide bonds. The van der Waals surface area contributed by atoms with Gasteiger partial charge >= 0.3 is 0 Å². The molecule has 2 saturated carbocycles. The third kappa shape index (κ3) is 4.49. The maximum atomic E-state index is 2.50. The molecule has 2 unspecified atom stereocenters. The molecule has 0 aromatic rings. The minimum atomic E-state index is 1.02. The Morgan fingerprint density at radius 1 is 0.909 bits per heavy atom. The van der Waals surface area contributed by atoms with Crippen LogP contribution < -0.4 is 0 Å². The Morgan fingerprint density at radius 2 is 1.68 bits per heavy atom. The standard InChI is InChI=1S/C22H36/c1-17-6-8-19(9-7-17)10-11-20-12-14-21(15-13-20)16-22-5-3-4-18(22)2/h6,8,18,20-22H,3-5,7,9-16H2,1-2H3. The molecule has 0 heterocycles. The quantitative estimate of drug-likeness (QED) is 0.509. The number of hydrogen-bond acceptors (Lipinski definition) is 0. The molecule has 0 spiro atoms. The van der Waals surface area contributed by atoms with E-state index in [1.807, 2.05) is 0 Å². The van der Waals surface area contributed by atoms with Gasteiger partial charge in [0, 0.05) is 0 Å². The molecule has 0 radical (unpaired) electrons. The third-order valence-corrected chi connectivity index (χ3v) is 6.96. The van der Waals surface area contributed by atoms with E-state index in [2.05, 4.69) is 26.0 Å². The average molecular weight is 301 g/mol. The van der Waals surface area contributed by atoms with Crippen LogP contribution in [-0.4, -0.2) is 0 Å². The number of rotatable bonds is 5. The van der Waals surface area contributed by atoms with Gasteiger partial charge in [-0.05, 0) is 62.7 Å². The fourth-order valence-electron chi connectivity index (χ4n) is 5.14. The average Bonchev–Trinajstić information content (AvgIpc) is 2.93. The van der Waals surface area contributed by atoms with Crippen LogP contribution in [0.1, 0.15) is 90.9 Å². The van der Waals surface area contributed by atoms with Gasteiger partial charge < -0.3 is 0 Å². The Bertz CT molecular complexity index is 406. The van der Waals surface area contributed by atoms with Crippen molar-refractivity contribution in [3.8, 4) is 0 Å². The van der Waals surface area contributed by atoms with Gasteiger partial charge in [-0.15, -0.1) is 0 Å². The highest BCUT2D eigenvalue weighted by atomic mass is 14.3. The Hall–Kier alpha value is -0.520. The highest BCUT2D eigenvalue weighted by Crippen LogP contribution is 2.41. The van der Waals surface area contributed by atoms with Crippen molar-refractivity contribution in [1.82, 2.24) is 0 Å². The zero-order valence-electron chi connectivity index (χ0n) is 14.9. The molecule has 22 heavy (non-hydrogen) atoms. The minimum absolute atomic E-state index is 1.02. The molecule has 0 aliphatic heterocycles. The molecule has 124 valence electrons. The van der Waals surface area contributed by atoms with E-state index in [0.717, 1.165) is 23.7 Å². The summed E-state index contributed by atoms with van der Waals surface area (Å²) < 4.78 is 0. The van der Waals surface area contributed by atoms with Crippen molar-refractivity contribution in [3.63, 3.8) is 0 Å². The Balaban J connectivity index is 1.35. The molecule has 2 atom stereocenters. The molecule has 0 heteroatoms. The largest absolute Gasteiger partial charge is 0.0730 e. The van der Waals surface area contributed by atoms with Crippen molar-refractivity contribution >= 4 is 0 Å². The summed E-state index contributed by atoms with van der Waals surface area (Å²) in [6.07, 6.45) is 22.4. The van der Waals surface area contributed by atoms with Crippen molar-refractivity contribution in [2.24, 2.45) is 23.7 Å². The van der Waals surface area contributed by atoms with E-state index in [9.17, 15) is 0 Å². The van der Waals surface area contributed by atoms with E-state index >= 15 is 0 Å². The second-order valence-corrected chi connectivity index (χ2v) is 8.67. The third-order valence-electron chi connectivity index (χ3n) is 6.96. The minimum Gasteiger partial charge on any atom is -0.0730 e. The van der Waals surface area contributed by atoms with E-state index in [-0.39, 0.29) is 0 Å². The van der Waals surface area contributed by atoms with Crippen LogP contribution in [0.15, 0.2) is 23.3 Å². The van der Waals surface area contributed by atoms with Gasteiger partial charge in [-0.2, -0.15) is 0 Å². The number of hydrogen-bond donors (Lipinski definition) is 0. The molecule has 2 fully saturated rings. The van der Waals surface area contributed by atoms with Gasteiger partial charge in [-0.1, -0.05) is 75.2 Å². The predicted octanol–water partition coefficient (Wildman–Crippen LogP) is 7.07. The van der Waals surface area contributed by atoms with Gasteiger partial charge in [0.15, 0.2) is 0 Å². The summed E-state index contributed by atoms with van der Waals surface area (Å²) in [5, 5.41) is 0. The monoisotopic (exact) mass is 300 g/mol. The van der Waals surface area contributed by atoms with Crippen molar-refractivity contribution in [3.05, 3.63) is 23.3 Å². The summed E-state index contributed by atoms with van der Waals surface area (Å²) in [7, 11) is 0. The highest BCUT2D eigenvalue weighted by Gasteiger charge is 2.28. The Labute approximate surface area is 138 Å². The van der Waals surface area contributed by atoms with Crippen LogP contribution in [0.5, 0.6) is 0 Å². The first kappa shape index (κ1) is 16.3. The molecule has 0 aromatic heterocycles. The SMILES string of the molecule is CC1=CC=C(CCC2CCC(CC3CCCC3C)CC2)CC1. The Morgan fingerprint density at radius 3 is 2.32 bits per heavy atom. The van der Waals surface area contributed by atoms with Crippen LogP contribution in [0, 0.1) is 23.7 Å². The van der Waals surface area contributed by atoms with Crippen molar-refractivity contribution in [1.29, 1.82) is 0 Å². The lowest BCUT2D eigenvalue weighted by atomic mass is 9.75. The van der Waals surface area contributed by atoms with Gasteiger partial charge in [0.1, 0.15) is 0 Å². The second-order valence-electron chi connectivity index (χ2n) is 8.67. The lowest BCUT2D eigenvalue weighted by Crippen LogP contribution is -2.18. The maximum absolute atomic E-state index is 2.50. The molecular formula is C22H36. The summed E-state index contributed by atoms with van der Waals surface area (Å²) in [5.74, 6) is 4.20. The summed E-state index contributed by atoms with van der Waals surface area (Å²) in [6, 6.07) is 0. The maximum Gasteiger partial charge on any atom is -0.0280 e. The van der Waals surface area contributed by atoms with Crippen molar-refractivity contribution in [2.45, 2.75) is 90.9 Å². The highest BCUT2D eigenvalue weighted by molar-refractivity contribution is 5.22. The molecule has 0 saturated heterocycles. The molecule has 3 aliphatic carbocycles. The topological polar surface area (TPSA) is 0 Å². The second kappa shape index (κ2) is 7.84. The summed E-state index contributed by atoms with van der Waals surface area (Å²) in [5.41, 5.74) is 3.28. The van der Waals surface area contributed by atoms with Gasteiger partial charge in [0.2, 0.25) is 0 Å². The first-order valence-electron chi connectivity index (χ1n) is 10.1. The lowest BCUT2D eigenvalue weighted by Gasteiger charge is -2.31. The smallest absolute Gasteiger partial charge is 0.0280 e. The van der Waals surface area contributed by atoms with Crippen LogP contribution in [0.2, 0.25) is 0 Å². The van der Waals surface area contributed by atoms with Crippen LogP contribution in [0.25, 0.3) is 0 Å². The van der Waals surface area contributed by atoms with Gasteiger partial charge in [0.05, 0.1) is 0 Å². The van der Waals surface area contributed by atoms with E-state index in [4.69, 9.17) is 0 Å². The molecule has 0 N–H and O–H groups in total. The molecular weight excluding hydrogens is 264 g/mol. The fourth-order valence-corrected chi connectivity index (χ4v) is 5.14. The van der Waals surface area contributed by atoms with Gasteiger partial charge in [-0.3, -0.25) is 0 Å². The van der Waals surface area contributed by atoms with E-state index < -0.39 is 0 Å². The number of allylic oxidation sites excluding steroid dienone is 4. The zero-order valence-corrected chi connectivity index (χ0v) is 14.9. The first-order chi connectivity index (χ1) is 10.7. The van der Waals surface area contributed by atoms with Crippen molar-refractivity contribution < 1.29 is 0 Å². The van der Waals surface area contributed by atoms with Crippen LogP contribution in [0.3, 0.4) is 0 Å². The Kier molecular flexibility index (Phi) is 5.83. The van der Waals surface area contributed by atoms with Crippen LogP contribution >= 0.6 is 0 Å². The molecule has 3 rings (SSSR count). The van der Waals surface area contributed by atoms with Crippen LogP contribution in [-0.2, 0) is 0 Å². The summed E-state index contributed by atoms with van der Waals surface area (Å²) >= 11 is 0. The molecule has 0 nitrogen and oxygen atoms in total.